The van der Waals surface area contributed by atoms with Gasteiger partial charge >= 0.3 is 8.80 Å². The summed E-state index contributed by atoms with van der Waals surface area (Å²) in [6, 6.07) is 0.807. The Balaban J connectivity index is 2.13. The van der Waals surface area contributed by atoms with Crippen molar-refractivity contribution >= 4 is 8.80 Å². The smallest absolute Gasteiger partial charge is 0.378 e. The molecule has 0 radical (unpaired) electrons. The first-order chi connectivity index (χ1) is 8.26. The fraction of sp³-hybridized carbons (Fsp3) is 1.00. The summed E-state index contributed by atoms with van der Waals surface area (Å²) in [5, 5.41) is 3.32. The summed E-state index contributed by atoms with van der Waals surface area (Å²) >= 11 is 0. The topological polar surface area (TPSA) is 49.0 Å². The average Bonchev–Trinajstić information content (AvgIpc) is 2.41. The molecule has 1 fully saturated rings. The fourth-order valence-corrected chi connectivity index (χ4v) is 3.75. The molecule has 6 heteroatoms. The van der Waals surface area contributed by atoms with Gasteiger partial charge in [-0.05, 0) is 32.4 Å². The quantitative estimate of drug-likeness (QED) is 0.523. The van der Waals surface area contributed by atoms with E-state index >= 15 is 0 Å². The molecule has 0 unspecified atom stereocenters. The Kier molecular flexibility index (Phi) is 7.25. The number of hydrogen-bond acceptors (Lipinski definition) is 5. The van der Waals surface area contributed by atoms with E-state index in [9.17, 15) is 0 Å². The third-order valence-corrected chi connectivity index (χ3v) is 6.03. The molecule has 1 saturated heterocycles. The number of piperidine rings is 1. The molecular weight excluding hydrogens is 238 g/mol. The number of hydrogen-bond donors (Lipinski definition) is 1. The van der Waals surface area contributed by atoms with E-state index in [1.807, 2.05) is 0 Å². The van der Waals surface area contributed by atoms with Gasteiger partial charge in [0.25, 0.3) is 0 Å². The third kappa shape index (κ3) is 5.03. The summed E-state index contributed by atoms with van der Waals surface area (Å²) in [6.45, 7) is 2.89. The lowest BCUT2D eigenvalue weighted by atomic mass is 10.1. The van der Waals surface area contributed by atoms with Gasteiger partial charge in [-0.15, -0.1) is 0 Å². The van der Waals surface area contributed by atoms with Crippen LogP contribution >= 0.6 is 0 Å². The lowest BCUT2D eigenvalue weighted by molar-refractivity contribution is 0.0304. The lowest BCUT2D eigenvalue weighted by Gasteiger charge is -2.26. The lowest BCUT2D eigenvalue weighted by Crippen LogP contribution is -2.43. The molecular formula is C11H25NO4Si. The van der Waals surface area contributed by atoms with E-state index in [2.05, 4.69) is 5.32 Å². The van der Waals surface area contributed by atoms with Crippen molar-refractivity contribution in [2.75, 3.05) is 41.0 Å². The molecule has 0 aromatic carbocycles. The predicted octanol–water partition coefficient (Wildman–Crippen LogP) is 1.02. The van der Waals surface area contributed by atoms with Crippen LogP contribution in [-0.4, -0.2) is 55.9 Å². The molecule has 0 aliphatic carbocycles. The van der Waals surface area contributed by atoms with E-state index in [1.54, 1.807) is 21.3 Å². The van der Waals surface area contributed by atoms with Gasteiger partial charge in [0.05, 0.1) is 6.10 Å². The second-order valence-corrected chi connectivity index (χ2v) is 7.31. The molecule has 102 valence electrons. The summed E-state index contributed by atoms with van der Waals surface area (Å²) in [6.07, 6.45) is 3.56. The Morgan fingerprint density at radius 3 is 2.18 bits per heavy atom. The molecule has 0 aromatic rings. The molecule has 1 rings (SSSR count). The normalized spacial score (nSPS) is 18.5. The molecule has 5 nitrogen and oxygen atoms in total. The first kappa shape index (κ1) is 15.1. The van der Waals surface area contributed by atoms with Gasteiger partial charge in [-0.2, -0.15) is 0 Å². The Morgan fingerprint density at radius 2 is 1.65 bits per heavy atom. The van der Waals surface area contributed by atoms with Gasteiger partial charge in [-0.1, -0.05) is 0 Å². The summed E-state index contributed by atoms with van der Waals surface area (Å²) in [5.41, 5.74) is 0. The van der Waals surface area contributed by atoms with Crippen molar-refractivity contribution in [2.24, 2.45) is 0 Å². The van der Waals surface area contributed by atoms with Crippen LogP contribution in [0.25, 0.3) is 0 Å². The van der Waals surface area contributed by atoms with E-state index in [0.29, 0.717) is 6.10 Å². The second kappa shape index (κ2) is 8.18. The zero-order chi connectivity index (χ0) is 12.6. The summed E-state index contributed by atoms with van der Waals surface area (Å²) in [4.78, 5) is 0. The Morgan fingerprint density at radius 1 is 1.06 bits per heavy atom. The SMILES string of the molecule is CO[Si](CCCOC1CCNCC1)(OC)OC. The van der Waals surface area contributed by atoms with Crippen LogP contribution in [-0.2, 0) is 18.0 Å². The van der Waals surface area contributed by atoms with Crippen LogP contribution in [0, 0.1) is 0 Å². The van der Waals surface area contributed by atoms with Crippen LogP contribution in [0.4, 0.5) is 0 Å². The van der Waals surface area contributed by atoms with Gasteiger partial charge in [0.15, 0.2) is 0 Å². The zero-order valence-electron chi connectivity index (χ0n) is 11.2. The van der Waals surface area contributed by atoms with Crippen LogP contribution < -0.4 is 5.32 Å². The van der Waals surface area contributed by atoms with Crippen LogP contribution in [0.2, 0.25) is 6.04 Å². The van der Waals surface area contributed by atoms with Crippen molar-refractivity contribution in [1.82, 2.24) is 5.32 Å². The molecule has 0 bridgehead atoms. The van der Waals surface area contributed by atoms with E-state index in [0.717, 1.165) is 45.0 Å². The van der Waals surface area contributed by atoms with E-state index in [4.69, 9.17) is 18.0 Å². The Hall–Kier alpha value is 0.0169. The Labute approximate surface area is 105 Å². The zero-order valence-corrected chi connectivity index (χ0v) is 12.2. The fourth-order valence-electron chi connectivity index (χ4n) is 2.06. The maximum Gasteiger partial charge on any atom is 0.500 e. The molecule has 17 heavy (non-hydrogen) atoms. The van der Waals surface area contributed by atoms with Gasteiger partial charge in [0.2, 0.25) is 0 Å². The minimum absolute atomic E-state index is 0.417. The molecule has 1 aliphatic heterocycles. The second-order valence-electron chi connectivity index (χ2n) is 4.22. The van der Waals surface area contributed by atoms with Crippen molar-refractivity contribution < 1.29 is 18.0 Å². The maximum absolute atomic E-state index is 5.83. The van der Waals surface area contributed by atoms with E-state index in [-0.39, 0.29) is 0 Å². The molecule has 1 aliphatic rings. The van der Waals surface area contributed by atoms with Crippen LogP contribution in [0.3, 0.4) is 0 Å². The molecule has 0 aromatic heterocycles. The summed E-state index contributed by atoms with van der Waals surface area (Å²) in [7, 11) is 2.54. The number of ether oxygens (including phenoxy) is 1. The Bertz CT molecular complexity index is 188. The highest BCUT2D eigenvalue weighted by molar-refractivity contribution is 6.60. The van der Waals surface area contributed by atoms with Gasteiger partial charge in [-0.3, -0.25) is 0 Å². The van der Waals surface area contributed by atoms with Crippen LogP contribution in [0.5, 0.6) is 0 Å². The van der Waals surface area contributed by atoms with Gasteiger partial charge in [0.1, 0.15) is 0 Å². The van der Waals surface area contributed by atoms with Crippen LogP contribution in [0.1, 0.15) is 19.3 Å². The monoisotopic (exact) mass is 263 g/mol. The van der Waals surface area contributed by atoms with E-state index < -0.39 is 8.80 Å². The largest absolute Gasteiger partial charge is 0.500 e. The van der Waals surface area contributed by atoms with Crippen molar-refractivity contribution in [3.63, 3.8) is 0 Å². The first-order valence-corrected chi connectivity index (χ1v) is 8.17. The molecule has 1 heterocycles. The van der Waals surface area contributed by atoms with Crippen molar-refractivity contribution in [2.45, 2.75) is 31.4 Å². The van der Waals surface area contributed by atoms with Gasteiger partial charge < -0.3 is 23.3 Å². The molecule has 0 saturated carbocycles. The standard InChI is InChI=1S/C11H25NO4Si/c1-13-17(14-2,15-3)10-4-9-16-11-5-7-12-8-6-11/h11-12H,4-10H2,1-3H3. The molecule has 0 amide bonds. The van der Waals surface area contributed by atoms with Crippen molar-refractivity contribution in [3.05, 3.63) is 0 Å². The highest BCUT2D eigenvalue weighted by atomic mass is 28.4. The molecule has 0 spiro atoms. The number of nitrogens with one attached hydrogen (secondary N) is 1. The predicted molar refractivity (Wildman–Crippen MR) is 68.0 cm³/mol. The highest BCUT2D eigenvalue weighted by Crippen LogP contribution is 2.16. The third-order valence-electron chi connectivity index (χ3n) is 3.20. The highest BCUT2D eigenvalue weighted by Gasteiger charge is 2.36. The first-order valence-electron chi connectivity index (χ1n) is 6.24. The summed E-state index contributed by atoms with van der Waals surface area (Å²) in [5.74, 6) is 0. The van der Waals surface area contributed by atoms with Crippen molar-refractivity contribution in [3.8, 4) is 0 Å². The van der Waals surface area contributed by atoms with E-state index in [1.165, 1.54) is 0 Å². The molecule has 1 N–H and O–H groups in total. The number of rotatable bonds is 8. The summed E-state index contributed by atoms with van der Waals surface area (Å²) < 4.78 is 21.9. The molecule has 0 atom stereocenters. The van der Waals surface area contributed by atoms with Crippen LogP contribution in [0.15, 0.2) is 0 Å². The van der Waals surface area contributed by atoms with Crippen molar-refractivity contribution in [1.29, 1.82) is 0 Å². The maximum atomic E-state index is 5.83. The van der Waals surface area contributed by atoms with Gasteiger partial charge in [-0.25, -0.2) is 0 Å². The average molecular weight is 263 g/mol. The van der Waals surface area contributed by atoms with Gasteiger partial charge in [0, 0.05) is 34.0 Å². The minimum Gasteiger partial charge on any atom is -0.378 e. The minimum atomic E-state index is -2.40.